The van der Waals surface area contributed by atoms with Crippen molar-refractivity contribution in [1.82, 2.24) is 10.3 Å². The van der Waals surface area contributed by atoms with Gasteiger partial charge in [0.05, 0.1) is 12.3 Å². The minimum absolute atomic E-state index is 0.0216. The highest BCUT2D eigenvalue weighted by atomic mass is 19.1. The zero-order valence-corrected chi connectivity index (χ0v) is 13.2. The lowest BCUT2D eigenvalue weighted by Crippen LogP contribution is -2.32. The fourth-order valence-corrected chi connectivity index (χ4v) is 2.21. The number of aliphatic hydroxyl groups excluding tert-OH is 1. The number of hydrogen-bond donors (Lipinski definition) is 3. The van der Waals surface area contributed by atoms with Crippen LogP contribution in [0.1, 0.15) is 30.6 Å². The maximum Gasteiger partial charge on any atom is 0.244 e. The first kappa shape index (κ1) is 17.6. The molecule has 1 aromatic carbocycles. The lowest BCUT2D eigenvalue weighted by molar-refractivity contribution is -0.117. The topological polar surface area (TPSA) is 82.5 Å². The standard InChI is InChI=1S/C18H19FN2O3/c1-12(8-17(23)14-3-5-15(19)6-4-14)21-18(24)7-2-13-9-16(22)11-20-10-13/h2-7,9-12,17,22-23H,8H2,1H3,(H,21,24)/b7-2+. The molecule has 6 heteroatoms. The fourth-order valence-electron chi connectivity index (χ4n) is 2.21. The Hall–Kier alpha value is -2.73. The highest BCUT2D eigenvalue weighted by Crippen LogP contribution is 2.18. The van der Waals surface area contributed by atoms with Crippen LogP contribution >= 0.6 is 0 Å². The number of nitrogens with zero attached hydrogens (tertiary/aromatic N) is 1. The number of halogens is 1. The number of benzene rings is 1. The first-order chi connectivity index (χ1) is 11.4. The zero-order chi connectivity index (χ0) is 17.5. The maximum atomic E-state index is 12.9. The van der Waals surface area contributed by atoms with Gasteiger partial charge in [0.15, 0.2) is 0 Å². The molecule has 0 saturated carbocycles. The molecule has 0 aliphatic carbocycles. The zero-order valence-electron chi connectivity index (χ0n) is 13.2. The molecule has 1 amide bonds. The van der Waals surface area contributed by atoms with Crippen LogP contribution in [0.5, 0.6) is 5.75 Å². The van der Waals surface area contributed by atoms with Gasteiger partial charge in [-0.15, -0.1) is 0 Å². The smallest absolute Gasteiger partial charge is 0.244 e. The minimum Gasteiger partial charge on any atom is -0.506 e. The summed E-state index contributed by atoms with van der Waals surface area (Å²) in [4.78, 5) is 15.7. The predicted molar refractivity (Wildman–Crippen MR) is 88.5 cm³/mol. The van der Waals surface area contributed by atoms with E-state index in [1.165, 1.54) is 54.9 Å². The molecule has 2 aromatic rings. The Kier molecular flexibility index (Phi) is 6.03. The quantitative estimate of drug-likeness (QED) is 0.711. The molecule has 0 bridgehead atoms. The molecular weight excluding hydrogens is 311 g/mol. The number of nitrogens with one attached hydrogen (secondary N) is 1. The van der Waals surface area contributed by atoms with Crippen LogP contribution in [0.4, 0.5) is 4.39 Å². The van der Waals surface area contributed by atoms with E-state index in [0.29, 0.717) is 17.5 Å². The Balaban J connectivity index is 1.86. The molecule has 2 rings (SSSR count). The van der Waals surface area contributed by atoms with Gasteiger partial charge in [-0.05, 0) is 48.7 Å². The van der Waals surface area contributed by atoms with Crippen LogP contribution in [-0.2, 0) is 4.79 Å². The van der Waals surface area contributed by atoms with Gasteiger partial charge in [0, 0.05) is 18.3 Å². The van der Waals surface area contributed by atoms with Crippen molar-refractivity contribution in [3.05, 3.63) is 65.7 Å². The van der Waals surface area contributed by atoms with Crippen molar-refractivity contribution in [3.63, 3.8) is 0 Å². The van der Waals surface area contributed by atoms with Gasteiger partial charge < -0.3 is 15.5 Å². The van der Waals surface area contributed by atoms with Crippen LogP contribution in [0.3, 0.4) is 0 Å². The van der Waals surface area contributed by atoms with Crippen LogP contribution in [0.25, 0.3) is 6.08 Å². The molecule has 24 heavy (non-hydrogen) atoms. The Morgan fingerprint density at radius 3 is 2.71 bits per heavy atom. The number of hydrogen-bond acceptors (Lipinski definition) is 4. The number of amides is 1. The van der Waals surface area contributed by atoms with E-state index in [2.05, 4.69) is 10.3 Å². The first-order valence-corrected chi connectivity index (χ1v) is 7.50. The van der Waals surface area contributed by atoms with Crippen molar-refractivity contribution in [2.45, 2.75) is 25.5 Å². The summed E-state index contributed by atoms with van der Waals surface area (Å²) in [5.41, 5.74) is 1.20. The highest BCUT2D eigenvalue weighted by Gasteiger charge is 2.13. The molecule has 2 unspecified atom stereocenters. The van der Waals surface area contributed by atoms with Gasteiger partial charge >= 0.3 is 0 Å². The van der Waals surface area contributed by atoms with Gasteiger partial charge in [-0.2, -0.15) is 0 Å². The van der Waals surface area contributed by atoms with Crippen molar-refractivity contribution in [2.75, 3.05) is 0 Å². The molecule has 3 N–H and O–H groups in total. The number of aliphatic hydroxyl groups is 1. The summed E-state index contributed by atoms with van der Waals surface area (Å²) in [6.45, 7) is 1.77. The summed E-state index contributed by atoms with van der Waals surface area (Å²) in [5, 5.41) is 22.1. The lowest BCUT2D eigenvalue weighted by atomic mass is 10.0. The lowest BCUT2D eigenvalue weighted by Gasteiger charge is -2.17. The average molecular weight is 330 g/mol. The number of rotatable bonds is 6. The molecule has 0 saturated heterocycles. The van der Waals surface area contributed by atoms with Crippen LogP contribution in [0.2, 0.25) is 0 Å². The van der Waals surface area contributed by atoms with Gasteiger partial charge in [0.1, 0.15) is 11.6 Å². The van der Waals surface area contributed by atoms with Crippen molar-refractivity contribution in [2.24, 2.45) is 0 Å². The summed E-state index contributed by atoms with van der Waals surface area (Å²) in [6.07, 6.45) is 5.20. The molecule has 126 valence electrons. The summed E-state index contributed by atoms with van der Waals surface area (Å²) in [7, 11) is 0. The predicted octanol–water partition coefficient (Wildman–Crippen LogP) is 2.57. The van der Waals surface area contributed by atoms with Crippen molar-refractivity contribution >= 4 is 12.0 Å². The second-order valence-electron chi connectivity index (χ2n) is 5.52. The normalized spacial score (nSPS) is 13.6. The third-order valence-electron chi connectivity index (χ3n) is 3.39. The van der Waals surface area contributed by atoms with Gasteiger partial charge in [-0.3, -0.25) is 9.78 Å². The Labute approximate surface area is 139 Å². The molecule has 1 heterocycles. The summed E-state index contributed by atoms with van der Waals surface area (Å²) >= 11 is 0. The van der Waals surface area contributed by atoms with Crippen LogP contribution < -0.4 is 5.32 Å². The van der Waals surface area contributed by atoms with Crippen LogP contribution in [0, 0.1) is 5.82 Å². The first-order valence-electron chi connectivity index (χ1n) is 7.50. The van der Waals surface area contributed by atoms with E-state index in [1.54, 1.807) is 6.92 Å². The molecule has 2 atom stereocenters. The molecule has 0 aliphatic heterocycles. The van der Waals surface area contributed by atoms with E-state index in [0.717, 1.165) is 0 Å². The molecule has 5 nitrogen and oxygen atoms in total. The van der Waals surface area contributed by atoms with Gasteiger partial charge in [-0.25, -0.2) is 4.39 Å². The molecular formula is C18H19FN2O3. The van der Waals surface area contributed by atoms with E-state index in [-0.39, 0.29) is 23.5 Å². The van der Waals surface area contributed by atoms with E-state index in [1.807, 2.05) is 0 Å². The third-order valence-corrected chi connectivity index (χ3v) is 3.39. The Morgan fingerprint density at radius 2 is 2.04 bits per heavy atom. The third kappa shape index (κ3) is 5.48. The molecule has 0 radical (unpaired) electrons. The van der Waals surface area contributed by atoms with E-state index in [4.69, 9.17) is 0 Å². The van der Waals surface area contributed by atoms with Gasteiger partial charge in [0.2, 0.25) is 5.91 Å². The average Bonchev–Trinajstić information content (AvgIpc) is 2.53. The monoisotopic (exact) mass is 330 g/mol. The second-order valence-corrected chi connectivity index (χ2v) is 5.52. The van der Waals surface area contributed by atoms with Crippen LogP contribution in [0.15, 0.2) is 48.8 Å². The Bertz CT molecular complexity index is 716. The number of carbonyl (C=O) groups excluding carboxylic acids is 1. The van der Waals surface area contributed by atoms with E-state index >= 15 is 0 Å². The highest BCUT2D eigenvalue weighted by molar-refractivity contribution is 5.91. The number of pyridine rings is 1. The second kappa shape index (κ2) is 8.21. The molecule has 0 spiro atoms. The largest absolute Gasteiger partial charge is 0.506 e. The minimum atomic E-state index is -0.792. The molecule has 1 aromatic heterocycles. The fraction of sp³-hybridized carbons (Fsp3) is 0.222. The van der Waals surface area contributed by atoms with Gasteiger partial charge in [-0.1, -0.05) is 12.1 Å². The van der Waals surface area contributed by atoms with E-state index < -0.39 is 6.10 Å². The van der Waals surface area contributed by atoms with Gasteiger partial charge in [0.25, 0.3) is 0 Å². The number of aromatic nitrogens is 1. The van der Waals surface area contributed by atoms with Crippen molar-refractivity contribution < 1.29 is 19.4 Å². The molecule has 0 aliphatic rings. The van der Waals surface area contributed by atoms with Crippen LogP contribution in [-0.4, -0.2) is 27.1 Å². The summed E-state index contributed by atoms with van der Waals surface area (Å²) in [5.74, 6) is -0.663. The molecule has 0 fully saturated rings. The van der Waals surface area contributed by atoms with Crippen molar-refractivity contribution in [3.8, 4) is 5.75 Å². The summed E-state index contributed by atoms with van der Waals surface area (Å²) in [6, 6.07) is 6.82. The number of carbonyl (C=O) groups is 1. The SMILES string of the molecule is CC(CC(O)c1ccc(F)cc1)NC(=O)/C=C/c1cncc(O)c1. The van der Waals surface area contributed by atoms with E-state index in [9.17, 15) is 19.4 Å². The Morgan fingerprint density at radius 1 is 1.33 bits per heavy atom. The van der Waals surface area contributed by atoms with Crippen molar-refractivity contribution in [1.29, 1.82) is 0 Å². The maximum absolute atomic E-state index is 12.9. The number of aromatic hydroxyl groups is 1. The summed E-state index contributed by atoms with van der Waals surface area (Å²) < 4.78 is 12.9.